The van der Waals surface area contributed by atoms with Crippen molar-refractivity contribution < 1.29 is 18.7 Å². The topological polar surface area (TPSA) is 35.5 Å². The van der Waals surface area contributed by atoms with E-state index in [1.54, 1.807) is 12.1 Å². The summed E-state index contributed by atoms with van der Waals surface area (Å²) in [6.07, 6.45) is -0.804. The third-order valence-electron chi connectivity index (χ3n) is 1.84. The van der Waals surface area contributed by atoms with Gasteiger partial charge in [0.15, 0.2) is 5.06 Å². The van der Waals surface area contributed by atoms with E-state index in [2.05, 4.69) is 4.74 Å². The summed E-state index contributed by atoms with van der Waals surface area (Å²) < 4.78 is 23.1. The van der Waals surface area contributed by atoms with Crippen molar-refractivity contribution >= 4 is 27.6 Å². The zero-order valence-electron chi connectivity index (χ0n) is 7.82. The second kappa shape index (κ2) is 3.86. The Morgan fingerprint density at radius 1 is 1.47 bits per heavy atom. The van der Waals surface area contributed by atoms with E-state index < -0.39 is 6.16 Å². The number of carbonyl (C=O) groups is 1. The number of ether oxygens (including phenoxy) is 2. The van der Waals surface area contributed by atoms with Crippen LogP contribution in [-0.4, -0.2) is 13.3 Å². The maximum absolute atomic E-state index is 13.3. The standard InChI is InChI=1S/C10H7FO3S/c1-13-10(12)14-9-5-6-7(11)3-2-4-8(6)15-9/h2-5H,1H3. The molecule has 0 amide bonds. The molecule has 3 nitrogen and oxygen atoms in total. The number of hydrogen-bond donors (Lipinski definition) is 0. The van der Waals surface area contributed by atoms with Crippen LogP contribution in [0.4, 0.5) is 9.18 Å². The molecule has 15 heavy (non-hydrogen) atoms. The fraction of sp³-hybridized carbons (Fsp3) is 0.100. The van der Waals surface area contributed by atoms with Crippen molar-refractivity contribution in [2.75, 3.05) is 7.11 Å². The van der Waals surface area contributed by atoms with Crippen LogP contribution < -0.4 is 4.74 Å². The molecule has 1 aromatic carbocycles. The van der Waals surface area contributed by atoms with Gasteiger partial charge in [0.05, 0.1) is 7.11 Å². The van der Waals surface area contributed by atoms with Gasteiger partial charge in [-0.2, -0.15) is 0 Å². The van der Waals surface area contributed by atoms with Crippen molar-refractivity contribution in [2.24, 2.45) is 0 Å². The summed E-state index contributed by atoms with van der Waals surface area (Å²) in [6.45, 7) is 0. The maximum Gasteiger partial charge on any atom is 0.514 e. The number of methoxy groups -OCH3 is 1. The van der Waals surface area contributed by atoms with Gasteiger partial charge in [0, 0.05) is 16.2 Å². The second-order valence-corrected chi connectivity index (χ2v) is 3.82. The second-order valence-electron chi connectivity index (χ2n) is 2.77. The highest BCUT2D eigenvalue weighted by Gasteiger charge is 2.10. The van der Waals surface area contributed by atoms with Crippen LogP contribution in [-0.2, 0) is 4.74 Å². The molecule has 78 valence electrons. The minimum atomic E-state index is -0.804. The first-order valence-corrected chi connectivity index (χ1v) is 4.96. The Kier molecular flexibility index (Phi) is 2.55. The van der Waals surface area contributed by atoms with Crippen LogP contribution in [0.2, 0.25) is 0 Å². The van der Waals surface area contributed by atoms with Crippen LogP contribution in [0.25, 0.3) is 10.1 Å². The zero-order chi connectivity index (χ0) is 10.8. The molecular formula is C10H7FO3S. The van der Waals surface area contributed by atoms with E-state index in [1.807, 2.05) is 0 Å². The summed E-state index contributed by atoms with van der Waals surface area (Å²) in [7, 11) is 1.22. The van der Waals surface area contributed by atoms with Crippen LogP contribution in [0.3, 0.4) is 0 Å². The number of halogens is 1. The molecule has 0 unspecified atom stereocenters. The molecule has 0 aliphatic carbocycles. The number of carbonyl (C=O) groups excluding carboxylic acids is 1. The molecule has 0 aliphatic heterocycles. The first kappa shape index (κ1) is 9.92. The van der Waals surface area contributed by atoms with Gasteiger partial charge < -0.3 is 9.47 Å². The Morgan fingerprint density at radius 2 is 2.27 bits per heavy atom. The summed E-state index contributed by atoms with van der Waals surface area (Å²) in [5.74, 6) is -0.330. The SMILES string of the molecule is COC(=O)Oc1cc2c(F)cccc2s1. The van der Waals surface area contributed by atoms with Gasteiger partial charge in [0.2, 0.25) is 0 Å². The van der Waals surface area contributed by atoms with E-state index in [0.29, 0.717) is 10.4 Å². The Hall–Kier alpha value is -1.62. The molecule has 0 aliphatic rings. The average Bonchev–Trinajstić information content (AvgIpc) is 2.62. The molecule has 5 heteroatoms. The molecule has 0 fully saturated rings. The van der Waals surface area contributed by atoms with Gasteiger partial charge in [-0.1, -0.05) is 17.4 Å². The molecular weight excluding hydrogens is 219 g/mol. The van der Waals surface area contributed by atoms with Crippen LogP contribution in [0.5, 0.6) is 5.06 Å². The van der Waals surface area contributed by atoms with Crippen molar-refractivity contribution in [2.45, 2.75) is 0 Å². The first-order chi connectivity index (χ1) is 7.20. The summed E-state index contributed by atoms with van der Waals surface area (Å²) >= 11 is 1.19. The van der Waals surface area contributed by atoms with E-state index in [0.717, 1.165) is 4.70 Å². The average molecular weight is 226 g/mol. The normalized spacial score (nSPS) is 10.3. The van der Waals surface area contributed by atoms with Crippen molar-refractivity contribution in [3.8, 4) is 5.06 Å². The highest BCUT2D eigenvalue weighted by Crippen LogP contribution is 2.33. The summed E-state index contributed by atoms with van der Waals surface area (Å²) in [5, 5.41) is 0.767. The lowest BCUT2D eigenvalue weighted by molar-refractivity contribution is 0.123. The van der Waals surface area contributed by atoms with Crippen LogP contribution in [0.1, 0.15) is 0 Å². The molecule has 0 spiro atoms. The van der Waals surface area contributed by atoms with E-state index in [-0.39, 0.29) is 5.82 Å². The van der Waals surface area contributed by atoms with Gasteiger partial charge in [-0.05, 0) is 12.1 Å². The minimum Gasteiger partial charge on any atom is -0.437 e. The number of rotatable bonds is 1. The Bertz CT molecular complexity index is 506. The van der Waals surface area contributed by atoms with Crippen molar-refractivity contribution in [3.05, 3.63) is 30.1 Å². The minimum absolute atomic E-state index is 0.321. The van der Waals surface area contributed by atoms with Crippen LogP contribution >= 0.6 is 11.3 Å². The van der Waals surface area contributed by atoms with Gasteiger partial charge in [-0.25, -0.2) is 9.18 Å². The largest absolute Gasteiger partial charge is 0.514 e. The van der Waals surface area contributed by atoms with Gasteiger partial charge in [-0.3, -0.25) is 0 Å². The molecule has 0 saturated carbocycles. The van der Waals surface area contributed by atoms with Crippen molar-refractivity contribution in [1.29, 1.82) is 0 Å². The predicted octanol–water partition coefficient (Wildman–Crippen LogP) is 3.19. The smallest absolute Gasteiger partial charge is 0.437 e. The molecule has 1 heterocycles. The predicted molar refractivity (Wildman–Crippen MR) is 54.8 cm³/mol. The fourth-order valence-electron chi connectivity index (χ4n) is 1.18. The summed E-state index contributed by atoms with van der Waals surface area (Å²) in [6, 6.07) is 6.20. The fourth-order valence-corrected chi connectivity index (χ4v) is 2.09. The van der Waals surface area contributed by atoms with E-state index in [1.165, 1.54) is 30.6 Å². The van der Waals surface area contributed by atoms with E-state index >= 15 is 0 Å². The van der Waals surface area contributed by atoms with Crippen LogP contribution in [0.15, 0.2) is 24.3 Å². The van der Waals surface area contributed by atoms with Gasteiger partial charge in [-0.15, -0.1) is 0 Å². The molecule has 0 radical (unpaired) electrons. The monoisotopic (exact) mass is 226 g/mol. The number of benzene rings is 1. The number of hydrogen-bond acceptors (Lipinski definition) is 4. The molecule has 1 aromatic heterocycles. The van der Waals surface area contributed by atoms with Gasteiger partial charge in [0.25, 0.3) is 0 Å². The third-order valence-corrected chi connectivity index (χ3v) is 2.81. The first-order valence-electron chi connectivity index (χ1n) is 4.14. The molecule has 0 N–H and O–H groups in total. The molecule has 2 rings (SSSR count). The molecule has 0 saturated heterocycles. The van der Waals surface area contributed by atoms with E-state index in [4.69, 9.17) is 4.74 Å². The zero-order valence-corrected chi connectivity index (χ0v) is 8.64. The quantitative estimate of drug-likeness (QED) is 0.700. The van der Waals surface area contributed by atoms with Crippen molar-refractivity contribution in [3.63, 3.8) is 0 Å². The molecule has 2 aromatic rings. The highest BCUT2D eigenvalue weighted by molar-refractivity contribution is 7.20. The number of thiophene rings is 1. The summed E-state index contributed by atoms with van der Waals surface area (Å²) in [5.41, 5.74) is 0. The maximum atomic E-state index is 13.3. The number of fused-ring (bicyclic) bond motifs is 1. The molecule has 0 bridgehead atoms. The van der Waals surface area contributed by atoms with Crippen LogP contribution in [0, 0.1) is 5.82 Å². The Balaban J connectivity index is 2.39. The third kappa shape index (κ3) is 1.92. The van der Waals surface area contributed by atoms with Crippen molar-refractivity contribution in [1.82, 2.24) is 0 Å². The Morgan fingerprint density at radius 3 is 2.93 bits per heavy atom. The lowest BCUT2D eigenvalue weighted by Crippen LogP contribution is -2.05. The lowest BCUT2D eigenvalue weighted by atomic mass is 10.2. The Labute approximate surface area is 89.0 Å². The van der Waals surface area contributed by atoms with Gasteiger partial charge in [0.1, 0.15) is 5.82 Å². The molecule has 0 atom stereocenters. The van der Waals surface area contributed by atoms with E-state index in [9.17, 15) is 9.18 Å². The summed E-state index contributed by atoms with van der Waals surface area (Å²) in [4.78, 5) is 10.8. The highest BCUT2D eigenvalue weighted by atomic mass is 32.1. The van der Waals surface area contributed by atoms with Gasteiger partial charge >= 0.3 is 6.16 Å². The lowest BCUT2D eigenvalue weighted by Gasteiger charge is -1.96.